The Morgan fingerprint density at radius 2 is 2.00 bits per heavy atom. The predicted octanol–water partition coefficient (Wildman–Crippen LogP) is 5.69. The van der Waals surface area contributed by atoms with E-state index in [0.717, 1.165) is 24.2 Å². The molecular formula is C22H27F. The summed E-state index contributed by atoms with van der Waals surface area (Å²) < 4.78 is 14.2. The second-order valence-electron chi connectivity index (χ2n) is 8.34. The highest BCUT2D eigenvalue weighted by molar-refractivity contribution is 5.45. The van der Waals surface area contributed by atoms with Gasteiger partial charge in [-0.3, -0.25) is 0 Å². The first kappa shape index (κ1) is 15.3. The number of fused-ring (bicyclic) bond motifs is 5. The van der Waals surface area contributed by atoms with E-state index in [0.29, 0.717) is 16.9 Å². The fourth-order valence-corrected chi connectivity index (χ4v) is 6.08. The molecular weight excluding hydrogens is 283 g/mol. The lowest BCUT2D eigenvalue weighted by molar-refractivity contribution is 0.0336. The van der Waals surface area contributed by atoms with E-state index < -0.39 is 0 Å². The number of benzene rings is 1. The molecule has 4 unspecified atom stereocenters. The maximum atomic E-state index is 14.2. The fraction of sp³-hybridized carbons (Fsp3) is 0.636. The summed E-state index contributed by atoms with van der Waals surface area (Å²) in [6.45, 7) is 6.79. The van der Waals surface area contributed by atoms with Crippen LogP contribution in [0.3, 0.4) is 0 Å². The third-order valence-corrected chi connectivity index (χ3v) is 7.55. The highest BCUT2D eigenvalue weighted by Gasteiger charge is 2.53. The lowest BCUT2D eigenvalue weighted by Crippen LogP contribution is -2.41. The van der Waals surface area contributed by atoms with Gasteiger partial charge in [0.1, 0.15) is 5.82 Å². The van der Waals surface area contributed by atoms with Crippen LogP contribution in [0.1, 0.15) is 75.5 Å². The van der Waals surface area contributed by atoms with Crippen molar-refractivity contribution in [1.29, 1.82) is 0 Å². The van der Waals surface area contributed by atoms with E-state index in [4.69, 9.17) is 0 Å². The minimum atomic E-state index is -0.133. The van der Waals surface area contributed by atoms with Crippen LogP contribution in [0.25, 0.3) is 0 Å². The molecule has 5 atom stereocenters. The van der Waals surface area contributed by atoms with Crippen molar-refractivity contribution < 1.29 is 4.39 Å². The molecule has 2 saturated carbocycles. The molecule has 2 fully saturated rings. The van der Waals surface area contributed by atoms with Crippen LogP contribution in [0.5, 0.6) is 0 Å². The normalized spacial score (nSPS) is 38.1. The van der Waals surface area contributed by atoms with E-state index in [9.17, 15) is 4.39 Å². The van der Waals surface area contributed by atoms with E-state index in [1.165, 1.54) is 43.2 Å². The van der Waals surface area contributed by atoms with Gasteiger partial charge in [0.15, 0.2) is 0 Å². The Labute approximate surface area is 139 Å². The van der Waals surface area contributed by atoms with Gasteiger partial charge in [0.05, 0.1) is 5.56 Å². The van der Waals surface area contributed by atoms with Gasteiger partial charge in [0.25, 0.3) is 0 Å². The Hall–Kier alpha value is -1.29. The molecule has 0 heterocycles. The highest BCUT2D eigenvalue weighted by atomic mass is 19.1. The average molecular weight is 310 g/mol. The van der Waals surface area contributed by atoms with Crippen molar-refractivity contribution in [3.05, 3.63) is 34.6 Å². The maximum Gasteiger partial charge on any atom is 0.139 e. The quantitative estimate of drug-likeness (QED) is 0.540. The molecule has 1 aromatic carbocycles. The largest absolute Gasteiger partial charge is 0.206 e. The fourth-order valence-electron chi connectivity index (χ4n) is 6.08. The SMILES string of the molecule is CC#Cc1cc2c(cc1F)CCC1C2CC[C@]2(C)C(C)CCC12. The Bertz CT molecular complexity index is 692. The van der Waals surface area contributed by atoms with Gasteiger partial charge < -0.3 is 0 Å². The molecule has 0 bridgehead atoms. The molecule has 0 saturated heterocycles. The number of hydrogen-bond acceptors (Lipinski definition) is 0. The first-order chi connectivity index (χ1) is 11.0. The number of rotatable bonds is 0. The zero-order chi connectivity index (χ0) is 16.2. The zero-order valence-electron chi connectivity index (χ0n) is 14.6. The summed E-state index contributed by atoms with van der Waals surface area (Å²) in [6.07, 6.45) is 7.71. The van der Waals surface area contributed by atoms with Gasteiger partial charge in [-0.2, -0.15) is 0 Å². The van der Waals surface area contributed by atoms with E-state index in [2.05, 4.69) is 31.8 Å². The maximum absolute atomic E-state index is 14.2. The Morgan fingerprint density at radius 1 is 1.17 bits per heavy atom. The number of hydrogen-bond donors (Lipinski definition) is 0. The molecule has 4 rings (SSSR count). The Balaban J connectivity index is 1.74. The first-order valence-electron chi connectivity index (χ1n) is 9.29. The second kappa shape index (κ2) is 5.37. The third-order valence-electron chi connectivity index (χ3n) is 7.55. The van der Waals surface area contributed by atoms with Gasteiger partial charge in [-0.1, -0.05) is 19.8 Å². The molecule has 0 nitrogen and oxygen atoms in total. The molecule has 3 aliphatic rings. The molecule has 3 aliphatic carbocycles. The summed E-state index contributed by atoms with van der Waals surface area (Å²) in [4.78, 5) is 0. The van der Waals surface area contributed by atoms with Crippen LogP contribution in [0.15, 0.2) is 12.1 Å². The van der Waals surface area contributed by atoms with Crippen molar-refractivity contribution in [3.8, 4) is 11.8 Å². The summed E-state index contributed by atoms with van der Waals surface area (Å²) >= 11 is 0. The van der Waals surface area contributed by atoms with Crippen molar-refractivity contribution in [2.24, 2.45) is 23.2 Å². The Morgan fingerprint density at radius 3 is 2.78 bits per heavy atom. The van der Waals surface area contributed by atoms with E-state index >= 15 is 0 Å². The van der Waals surface area contributed by atoms with Crippen LogP contribution in [-0.4, -0.2) is 0 Å². The molecule has 0 spiro atoms. The summed E-state index contributed by atoms with van der Waals surface area (Å²) in [5, 5.41) is 0. The van der Waals surface area contributed by atoms with Gasteiger partial charge >= 0.3 is 0 Å². The first-order valence-corrected chi connectivity index (χ1v) is 9.29. The summed E-state index contributed by atoms with van der Waals surface area (Å²) in [6, 6.07) is 3.86. The molecule has 0 N–H and O–H groups in total. The zero-order valence-corrected chi connectivity index (χ0v) is 14.6. The van der Waals surface area contributed by atoms with Crippen LogP contribution in [-0.2, 0) is 6.42 Å². The van der Waals surface area contributed by atoms with Crippen molar-refractivity contribution in [2.45, 2.75) is 65.2 Å². The molecule has 0 amide bonds. The van der Waals surface area contributed by atoms with Crippen LogP contribution in [0, 0.1) is 40.8 Å². The van der Waals surface area contributed by atoms with E-state index in [-0.39, 0.29) is 5.82 Å². The second-order valence-corrected chi connectivity index (χ2v) is 8.34. The molecule has 1 heteroatoms. The molecule has 23 heavy (non-hydrogen) atoms. The third kappa shape index (κ3) is 2.18. The summed E-state index contributed by atoms with van der Waals surface area (Å²) in [5.74, 6) is 8.87. The molecule has 0 aromatic heterocycles. The predicted molar refractivity (Wildman–Crippen MR) is 92.7 cm³/mol. The minimum absolute atomic E-state index is 0.133. The van der Waals surface area contributed by atoms with E-state index in [1.807, 2.05) is 0 Å². The smallest absolute Gasteiger partial charge is 0.139 e. The lowest BCUT2D eigenvalue weighted by Gasteiger charge is -2.50. The van der Waals surface area contributed by atoms with Crippen molar-refractivity contribution in [1.82, 2.24) is 0 Å². The highest BCUT2D eigenvalue weighted by Crippen LogP contribution is 2.62. The monoisotopic (exact) mass is 310 g/mol. The molecule has 0 radical (unpaired) electrons. The van der Waals surface area contributed by atoms with Gasteiger partial charge in [-0.05, 0) is 97.8 Å². The number of aryl methyl sites for hydroxylation is 1. The van der Waals surface area contributed by atoms with Gasteiger partial charge in [-0.25, -0.2) is 4.39 Å². The van der Waals surface area contributed by atoms with Crippen molar-refractivity contribution in [3.63, 3.8) is 0 Å². The van der Waals surface area contributed by atoms with Gasteiger partial charge in [0, 0.05) is 0 Å². The molecule has 0 aliphatic heterocycles. The van der Waals surface area contributed by atoms with E-state index in [1.54, 1.807) is 13.0 Å². The summed E-state index contributed by atoms with van der Waals surface area (Å²) in [7, 11) is 0. The van der Waals surface area contributed by atoms with Crippen LogP contribution in [0.2, 0.25) is 0 Å². The van der Waals surface area contributed by atoms with Gasteiger partial charge in [0.2, 0.25) is 0 Å². The standard InChI is InChI=1S/C22H27F/c1-4-5-16-12-19-15(13-21(16)23)7-8-18-17(19)10-11-22(3)14(2)6-9-20(18)22/h12-14,17-18,20H,6-11H2,1-3H3/t14?,17?,18?,20?,22-/m1/s1. The van der Waals surface area contributed by atoms with Crippen LogP contribution < -0.4 is 0 Å². The topological polar surface area (TPSA) is 0 Å². The Kier molecular flexibility index (Phi) is 3.56. The summed E-state index contributed by atoms with van der Waals surface area (Å²) in [5.41, 5.74) is 3.81. The van der Waals surface area contributed by atoms with Crippen molar-refractivity contribution in [2.75, 3.05) is 0 Å². The van der Waals surface area contributed by atoms with Crippen molar-refractivity contribution >= 4 is 0 Å². The average Bonchev–Trinajstić information content (AvgIpc) is 2.84. The molecule has 1 aromatic rings. The number of halogens is 1. The van der Waals surface area contributed by atoms with Crippen LogP contribution >= 0.6 is 0 Å². The van der Waals surface area contributed by atoms with Crippen LogP contribution in [0.4, 0.5) is 4.39 Å². The van der Waals surface area contributed by atoms with Gasteiger partial charge in [-0.15, -0.1) is 5.92 Å². The molecule has 122 valence electrons. The minimum Gasteiger partial charge on any atom is -0.206 e. The lowest BCUT2D eigenvalue weighted by atomic mass is 9.54.